The van der Waals surface area contributed by atoms with Crippen molar-refractivity contribution in [2.45, 2.75) is 46.1 Å². The Morgan fingerprint density at radius 2 is 2.17 bits per heavy atom. The van der Waals surface area contributed by atoms with Crippen LogP contribution in [-0.2, 0) is 17.8 Å². The van der Waals surface area contributed by atoms with E-state index in [2.05, 4.69) is 34.0 Å². The van der Waals surface area contributed by atoms with Gasteiger partial charge in [-0.25, -0.2) is 4.99 Å². The lowest BCUT2D eigenvalue weighted by atomic mass is 10.1. The smallest absolute Gasteiger partial charge is 0.244 e. The molecule has 24 heavy (non-hydrogen) atoms. The van der Waals surface area contributed by atoms with Gasteiger partial charge in [0.05, 0.1) is 0 Å². The SMILES string of the molecule is CCCCCNC(=NCC(=O)N1CCc2sccc2C1)NCC.I. The standard InChI is InChI=1S/C17H28N4OS.HI/c1-3-5-6-9-19-17(18-4-2)20-12-16(22)21-10-7-15-14(13-21)8-11-23-15;/h8,11H,3-7,9-10,12-13H2,1-2H3,(H2,18,19,20);1H. The van der Waals surface area contributed by atoms with E-state index in [-0.39, 0.29) is 36.4 Å². The van der Waals surface area contributed by atoms with Crippen molar-refractivity contribution >= 4 is 47.2 Å². The Bertz CT molecular complexity index is 532. The zero-order chi connectivity index (χ0) is 16.5. The summed E-state index contributed by atoms with van der Waals surface area (Å²) in [6, 6.07) is 2.13. The minimum atomic E-state index is 0. The quantitative estimate of drug-likeness (QED) is 0.282. The first-order valence-electron chi connectivity index (χ1n) is 8.59. The maximum atomic E-state index is 12.4. The van der Waals surface area contributed by atoms with Crippen LogP contribution in [0.4, 0.5) is 0 Å². The number of hydrogen-bond acceptors (Lipinski definition) is 3. The molecule has 0 aliphatic carbocycles. The maximum absolute atomic E-state index is 12.4. The molecule has 0 fully saturated rings. The van der Waals surface area contributed by atoms with Crippen LogP contribution in [0.5, 0.6) is 0 Å². The summed E-state index contributed by atoms with van der Waals surface area (Å²) in [5.41, 5.74) is 1.29. The van der Waals surface area contributed by atoms with Gasteiger partial charge in [0.15, 0.2) is 5.96 Å². The number of thiophene rings is 1. The van der Waals surface area contributed by atoms with Gasteiger partial charge in [-0.2, -0.15) is 0 Å². The molecule has 136 valence electrons. The van der Waals surface area contributed by atoms with Crippen LogP contribution in [0.15, 0.2) is 16.4 Å². The number of rotatable bonds is 7. The van der Waals surface area contributed by atoms with Gasteiger partial charge in [0, 0.05) is 31.1 Å². The molecule has 0 atom stereocenters. The van der Waals surface area contributed by atoms with E-state index >= 15 is 0 Å². The lowest BCUT2D eigenvalue weighted by Crippen LogP contribution is -2.40. The van der Waals surface area contributed by atoms with Crippen LogP contribution in [-0.4, -0.2) is 42.9 Å². The van der Waals surface area contributed by atoms with Gasteiger partial charge in [-0.05, 0) is 36.8 Å². The van der Waals surface area contributed by atoms with Crippen LogP contribution in [0.1, 0.15) is 43.6 Å². The van der Waals surface area contributed by atoms with E-state index in [0.29, 0.717) is 0 Å². The third-order valence-electron chi connectivity index (χ3n) is 3.95. The molecule has 1 aliphatic heterocycles. The number of carbonyl (C=O) groups excluding carboxylic acids is 1. The molecule has 0 saturated heterocycles. The summed E-state index contributed by atoms with van der Waals surface area (Å²) in [7, 11) is 0. The predicted octanol–water partition coefficient (Wildman–Crippen LogP) is 3.00. The number of aliphatic imine (C=N–C) groups is 1. The van der Waals surface area contributed by atoms with Crippen molar-refractivity contribution in [1.29, 1.82) is 0 Å². The molecule has 5 nitrogen and oxygen atoms in total. The Morgan fingerprint density at radius 3 is 2.92 bits per heavy atom. The molecule has 2 N–H and O–H groups in total. The normalized spacial score (nSPS) is 13.9. The van der Waals surface area contributed by atoms with E-state index in [4.69, 9.17) is 0 Å². The molecule has 0 unspecified atom stereocenters. The number of fused-ring (bicyclic) bond motifs is 1. The summed E-state index contributed by atoms with van der Waals surface area (Å²) in [4.78, 5) is 20.2. The lowest BCUT2D eigenvalue weighted by Gasteiger charge is -2.26. The summed E-state index contributed by atoms with van der Waals surface area (Å²) in [6.07, 6.45) is 4.51. The van der Waals surface area contributed by atoms with E-state index in [1.165, 1.54) is 23.3 Å². The first kappa shape index (κ1) is 21.2. The average molecular weight is 464 g/mol. The molecule has 1 aliphatic rings. The second-order valence-corrected chi connectivity index (χ2v) is 6.76. The highest BCUT2D eigenvalue weighted by Crippen LogP contribution is 2.23. The van der Waals surface area contributed by atoms with E-state index in [0.717, 1.165) is 45.0 Å². The zero-order valence-corrected chi connectivity index (χ0v) is 17.8. The Hall–Kier alpha value is -0.830. The average Bonchev–Trinajstić information content (AvgIpc) is 3.03. The first-order chi connectivity index (χ1) is 11.2. The Kier molecular flexibility index (Phi) is 10.3. The van der Waals surface area contributed by atoms with Crippen molar-refractivity contribution in [2.75, 3.05) is 26.2 Å². The molecular formula is C17H29IN4OS. The number of unbranched alkanes of at least 4 members (excludes halogenated alkanes) is 2. The van der Waals surface area contributed by atoms with Crippen LogP contribution in [0.25, 0.3) is 0 Å². The molecule has 2 heterocycles. The Labute approximate surface area is 166 Å². The highest BCUT2D eigenvalue weighted by molar-refractivity contribution is 14.0. The molecule has 1 aromatic heterocycles. The van der Waals surface area contributed by atoms with E-state index < -0.39 is 0 Å². The van der Waals surface area contributed by atoms with Crippen molar-refractivity contribution in [3.8, 4) is 0 Å². The van der Waals surface area contributed by atoms with Crippen molar-refractivity contribution in [1.82, 2.24) is 15.5 Å². The molecule has 0 spiro atoms. The van der Waals surface area contributed by atoms with Gasteiger partial charge in [0.25, 0.3) is 0 Å². The fourth-order valence-corrected chi connectivity index (χ4v) is 3.52. The number of hydrogen-bond donors (Lipinski definition) is 2. The van der Waals surface area contributed by atoms with E-state index in [1.54, 1.807) is 11.3 Å². The Balaban J connectivity index is 0.00000288. The van der Waals surface area contributed by atoms with Crippen molar-refractivity contribution in [2.24, 2.45) is 4.99 Å². The van der Waals surface area contributed by atoms with Gasteiger partial charge in [0.2, 0.25) is 5.91 Å². The number of amides is 1. The fraction of sp³-hybridized carbons (Fsp3) is 0.647. The van der Waals surface area contributed by atoms with Crippen LogP contribution >= 0.6 is 35.3 Å². The summed E-state index contributed by atoms with van der Waals surface area (Å²) < 4.78 is 0. The monoisotopic (exact) mass is 464 g/mol. The molecule has 0 aromatic carbocycles. The molecule has 0 saturated carbocycles. The predicted molar refractivity (Wildman–Crippen MR) is 112 cm³/mol. The molecule has 1 aromatic rings. The van der Waals surface area contributed by atoms with E-state index in [9.17, 15) is 4.79 Å². The fourth-order valence-electron chi connectivity index (χ4n) is 2.63. The molecule has 7 heteroatoms. The van der Waals surface area contributed by atoms with Gasteiger partial charge >= 0.3 is 0 Å². The highest BCUT2D eigenvalue weighted by atomic mass is 127. The number of halogens is 1. The zero-order valence-electron chi connectivity index (χ0n) is 14.6. The molecule has 1 amide bonds. The van der Waals surface area contributed by atoms with Gasteiger partial charge in [-0.3, -0.25) is 4.79 Å². The van der Waals surface area contributed by atoms with Crippen LogP contribution in [0.2, 0.25) is 0 Å². The Morgan fingerprint density at radius 1 is 1.33 bits per heavy atom. The summed E-state index contributed by atoms with van der Waals surface area (Å²) in [6.45, 7) is 7.67. The van der Waals surface area contributed by atoms with Crippen molar-refractivity contribution < 1.29 is 4.79 Å². The second-order valence-electron chi connectivity index (χ2n) is 5.76. The van der Waals surface area contributed by atoms with E-state index in [1.807, 2.05) is 11.8 Å². The van der Waals surface area contributed by atoms with Gasteiger partial charge in [-0.1, -0.05) is 19.8 Å². The molecule has 0 bridgehead atoms. The number of guanidine groups is 1. The largest absolute Gasteiger partial charge is 0.357 e. The molecule has 0 radical (unpaired) electrons. The van der Waals surface area contributed by atoms with Crippen LogP contribution in [0.3, 0.4) is 0 Å². The lowest BCUT2D eigenvalue weighted by molar-refractivity contribution is -0.130. The van der Waals surface area contributed by atoms with Crippen molar-refractivity contribution in [3.05, 3.63) is 21.9 Å². The third kappa shape index (κ3) is 6.58. The van der Waals surface area contributed by atoms with Crippen molar-refractivity contribution in [3.63, 3.8) is 0 Å². The minimum Gasteiger partial charge on any atom is -0.357 e. The first-order valence-corrected chi connectivity index (χ1v) is 9.47. The second kappa shape index (κ2) is 11.7. The van der Waals surface area contributed by atoms with Gasteiger partial charge < -0.3 is 15.5 Å². The highest BCUT2D eigenvalue weighted by Gasteiger charge is 2.21. The van der Waals surface area contributed by atoms with Gasteiger partial charge in [0.1, 0.15) is 6.54 Å². The minimum absolute atomic E-state index is 0. The maximum Gasteiger partial charge on any atom is 0.244 e. The van der Waals surface area contributed by atoms with Crippen LogP contribution in [0, 0.1) is 0 Å². The molecule has 2 rings (SSSR count). The number of nitrogens with zero attached hydrogens (tertiary/aromatic N) is 2. The topological polar surface area (TPSA) is 56.7 Å². The summed E-state index contributed by atoms with van der Waals surface area (Å²) in [5.74, 6) is 0.845. The van der Waals surface area contributed by atoms with Crippen LogP contribution < -0.4 is 10.6 Å². The molecular weight excluding hydrogens is 435 g/mol. The number of nitrogens with one attached hydrogen (secondary N) is 2. The van der Waals surface area contributed by atoms with Gasteiger partial charge in [-0.15, -0.1) is 35.3 Å². The summed E-state index contributed by atoms with van der Waals surface area (Å²) >= 11 is 1.79. The third-order valence-corrected chi connectivity index (χ3v) is 4.97. The summed E-state index contributed by atoms with van der Waals surface area (Å²) in [5, 5.41) is 8.61. The number of carbonyl (C=O) groups is 1.